The van der Waals surface area contributed by atoms with Gasteiger partial charge in [-0.1, -0.05) is 45.0 Å². The van der Waals surface area contributed by atoms with E-state index < -0.39 is 0 Å². The zero-order valence-electron chi connectivity index (χ0n) is 12.6. The van der Waals surface area contributed by atoms with Crippen molar-refractivity contribution in [3.05, 3.63) is 35.4 Å². The van der Waals surface area contributed by atoms with Crippen LogP contribution in [0.4, 0.5) is 0 Å². The van der Waals surface area contributed by atoms with E-state index in [4.69, 9.17) is 0 Å². The first-order valence-corrected chi connectivity index (χ1v) is 6.98. The summed E-state index contributed by atoms with van der Waals surface area (Å²) in [5.74, 6) is 0.620. The molecule has 0 saturated heterocycles. The number of likely N-dealkylation sites (N-methyl/N-ethyl adjacent to an activating group) is 2. The monoisotopic (exact) mass is 248 g/mol. The van der Waals surface area contributed by atoms with Crippen LogP contribution in [-0.4, -0.2) is 43.5 Å². The van der Waals surface area contributed by atoms with E-state index in [1.165, 1.54) is 11.1 Å². The van der Waals surface area contributed by atoms with Crippen molar-refractivity contribution in [2.24, 2.45) is 0 Å². The molecular formula is C16H28N2. The van der Waals surface area contributed by atoms with Crippen LogP contribution in [0.2, 0.25) is 0 Å². The molecule has 18 heavy (non-hydrogen) atoms. The van der Waals surface area contributed by atoms with E-state index in [2.05, 4.69) is 68.9 Å². The summed E-state index contributed by atoms with van der Waals surface area (Å²) in [7, 11) is 4.26. The first-order valence-electron chi connectivity index (χ1n) is 6.98. The Labute approximate surface area is 113 Å². The average Bonchev–Trinajstić information content (AvgIpc) is 2.34. The van der Waals surface area contributed by atoms with Gasteiger partial charge in [-0.05, 0) is 37.7 Å². The van der Waals surface area contributed by atoms with Crippen LogP contribution in [0.25, 0.3) is 0 Å². The van der Waals surface area contributed by atoms with Crippen LogP contribution in [0.3, 0.4) is 0 Å². The molecule has 1 rings (SSSR count). The lowest BCUT2D eigenvalue weighted by molar-refractivity contribution is 0.244. The molecule has 0 aromatic heterocycles. The molecule has 0 radical (unpaired) electrons. The highest BCUT2D eigenvalue weighted by molar-refractivity contribution is 5.24. The molecule has 1 aromatic carbocycles. The molecule has 0 atom stereocenters. The Balaban J connectivity index is 2.53. The molecule has 0 fully saturated rings. The second-order valence-corrected chi connectivity index (χ2v) is 5.57. The van der Waals surface area contributed by atoms with Gasteiger partial charge in [0.2, 0.25) is 0 Å². The van der Waals surface area contributed by atoms with Gasteiger partial charge in [0, 0.05) is 19.6 Å². The van der Waals surface area contributed by atoms with Crippen LogP contribution in [0.15, 0.2) is 24.3 Å². The summed E-state index contributed by atoms with van der Waals surface area (Å²) in [6.07, 6.45) is 0. The lowest BCUT2D eigenvalue weighted by Gasteiger charge is -2.22. The molecule has 1 aromatic rings. The van der Waals surface area contributed by atoms with Gasteiger partial charge in [0.15, 0.2) is 0 Å². The van der Waals surface area contributed by atoms with Crippen molar-refractivity contribution in [2.45, 2.75) is 33.2 Å². The number of rotatable bonds is 7. The number of benzene rings is 1. The maximum Gasteiger partial charge on any atom is 0.0234 e. The minimum Gasteiger partial charge on any atom is -0.308 e. The van der Waals surface area contributed by atoms with E-state index in [-0.39, 0.29) is 0 Å². The van der Waals surface area contributed by atoms with Crippen molar-refractivity contribution in [1.82, 2.24) is 9.80 Å². The molecule has 102 valence electrons. The van der Waals surface area contributed by atoms with E-state index in [9.17, 15) is 0 Å². The molecule has 2 nitrogen and oxygen atoms in total. The average molecular weight is 248 g/mol. The Bertz CT molecular complexity index is 327. The molecule has 0 saturated carbocycles. The Morgan fingerprint density at radius 3 is 2.06 bits per heavy atom. The second-order valence-electron chi connectivity index (χ2n) is 5.57. The summed E-state index contributed by atoms with van der Waals surface area (Å²) >= 11 is 0. The number of nitrogens with zero attached hydrogens (tertiary/aromatic N) is 2. The molecule has 0 unspecified atom stereocenters. The molecule has 0 heterocycles. The van der Waals surface area contributed by atoms with Crippen LogP contribution in [0, 0.1) is 0 Å². The van der Waals surface area contributed by atoms with Crippen molar-refractivity contribution in [1.29, 1.82) is 0 Å². The highest BCUT2D eigenvalue weighted by Gasteiger charge is 2.05. The zero-order valence-corrected chi connectivity index (χ0v) is 12.6. The van der Waals surface area contributed by atoms with Gasteiger partial charge in [-0.25, -0.2) is 0 Å². The molecule has 0 aliphatic rings. The smallest absolute Gasteiger partial charge is 0.0234 e. The largest absolute Gasteiger partial charge is 0.308 e. The van der Waals surface area contributed by atoms with E-state index in [1.807, 2.05) is 0 Å². The van der Waals surface area contributed by atoms with Crippen LogP contribution in [-0.2, 0) is 6.54 Å². The van der Waals surface area contributed by atoms with E-state index >= 15 is 0 Å². The summed E-state index contributed by atoms with van der Waals surface area (Å²) in [4.78, 5) is 4.73. The molecule has 2 heteroatoms. The lowest BCUT2D eigenvalue weighted by Crippen LogP contribution is -2.31. The SMILES string of the molecule is CCN(CCN(C)C)Cc1ccc(C(C)C)cc1. The van der Waals surface area contributed by atoms with Gasteiger partial charge < -0.3 is 4.90 Å². The lowest BCUT2D eigenvalue weighted by atomic mass is 10.0. The Morgan fingerprint density at radius 2 is 1.61 bits per heavy atom. The van der Waals surface area contributed by atoms with Crippen LogP contribution >= 0.6 is 0 Å². The highest BCUT2D eigenvalue weighted by Crippen LogP contribution is 2.15. The molecule has 0 amide bonds. The topological polar surface area (TPSA) is 6.48 Å². The molecule has 0 N–H and O–H groups in total. The highest BCUT2D eigenvalue weighted by atomic mass is 15.2. The third kappa shape index (κ3) is 5.19. The van der Waals surface area contributed by atoms with Gasteiger partial charge in [0.1, 0.15) is 0 Å². The molecular weight excluding hydrogens is 220 g/mol. The fourth-order valence-electron chi connectivity index (χ4n) is 1.96. The predicted molar refractivity (Wildman–Crippen MR) is 80.0 cm³/mol. The normalized spacial score (nSPS) is 11.8. The van der Waals surface area contributed by atoms with Gasteiger partial charge in [0.25, 0.3) is 0 Å². The Hall–Kier alpha value is -0.860. The van der Waals surface area contributed by atoms with Gasteiger partial charge in [0.05, 0.1) is 0 Å². The van der Waals surface area contributed by atoms with Crippen molar-refractivity contribution in [3.63, 3.8) is 0 Å². The van der Waals surface area contributed by atoms with Crippen molar-refractivity contribution in [2.75, 3.05) is 33.7 Å². The first kappa shape index (κ1) is 15.2. The molecule has 0 aliphatic heterocycles. The third-order valence-electron chi connectivity index (χ3n) is 3.36. The predicted octanol–water partition coefficient (Wildman–Crippen LogP) is 3.19. The fraction of sp³-hybridized carbons (Fsp3) is 0.625. The minimum atomic E-state index is 0.620. The number of hydrogen-bond donors (Lipinski definition) is 0. The van der Waals surface area contributed by atoms with E-state index in [0.717, 1.165) is 26.2 Å². The Kier molecular flexibility index (Phi) is 6.37. The van der Waals surface area contributed by atoms with Crippen molar-refractivity contribution >= 4 is 0 Å². The molecule has 0 aliphatic carbocycles. The minimum absolute atomic E-state index is 0.620. The summed E-state index contributed by atoms with van der Waals surface area (Å²) in [5, 5.41) is 0. The van der Waals surface area contributed by atoms with Gasteiger partial charge in [-0.3, -0.25) is 4.90 Å². The zero-order chi connectivity index (χ0) is 13.5. The molecule has 0 bridgehead atoms. The van der Waals surface area contributed by atoms with Crippen molar-refractivity contribution in [3.8, 4) is 0 Å². The van der Waals surface area contributed by atoms with Gasteiger partial charge >= 0.3 is 0 Å². The third-order valence-corrected chi connectivity index (χ3v) is 3.36. The quantitative estimate of drug-likeness (QED) is 0.731. The fourth-order valence-corrected chi connectivity index (χ4v) is 1.96. The van der Waals surface area contributed by atoms with E-state index in [1.54, 1.807) is 0 Å². The Morgan fingerprint density at radius 1 is 1.00 bits per heavy atom. The van der Waals surface area contributed by atoms with Crippen LogP contribution in [0.5, 0.6) is 0 Å². The van der Waals surface area contributed by atoms with Gasteiger partial charge in [-0.2, -0.15) is 0 Å². The summed E-state index contributed by atoms with van der Waals surface area (Å²) in [6, 6.07) is 9.07. The first-order chi connectivity index (χ1) is 8.52. The second kappa shape index (κ2) is 7.55. The standard InChI is InChI=1S/C16H28N2/c1-6-18(12-11-17(4)5)13-15-7-9-16(10-8-15)14(2)3/h7-10,14H,6,11-13H2,1-5H3. The van der Waals surface area contributed by atoms with Crippen LogP contribution < -0.4 is 0 Å². The number of hydrogen-bond acceptors (Lipinski definition) is 2. The van der Waals surface area contributed by atoms with Crippen molar-refractivity contribution < 1.29 is 0 Å². The van der Waals surface area contributed by atoms with Gasteiger partial charge in [-0.15, -0.1) is 0 Å². The maximum atomic E-state index is 2.49. The summed E-state index contributed by atoms with van der Waals surface area (Å²) in [5.41, 5.74) is 2.84. The van der Waals surface area contributed by atoms with Crippen LogP contribution in [0.1, 0.15) is 37.8 Å². The maximum absolute atomic E-state index is 2.49. The molecule has 0 spiro atoms. The summed E-state index contributed by atoms with van der Waals surface area (Å²) < 4.78 is 0. The summed E-state index contributed by atoms with van der Waals surface area (Å²) in [6.45, 7) is 11.1. The van der Waals surface area contributed by atoms with E-state index in [0.29, 0.717) is 5.92 Å².